The maximum Gasteiger partial charge on any atom is 0.350 e. The van der Waals surface area contributed by atoms with E-state index in [1.165, 1.54) is 10.2 Å². The third kappa shape index (κ3) is 3.66. The Bertz CT molecular complexity index is 1100. The molecule has 7 nitrogen and oxygen atoms in total. The van der Waals surface area contributed by atoms with Crippen LogP contribution in [-0.4, -0.2) is 34.7 Å². The van der Waals surface area contributed by atoms with Gasteiger partial charge in [0.05, 0.1) is 6.54 Å². The molecule has 3 heterocycles. The third-order valence-corrected chi connectivity index (χ3v) is 5.28. The quantitative estimate of drug-likeness (QED) is 0.461. The van der Waals surface area contributed by atoms with Gasteiger partial charge in [-0.3, -0.25) is 4.40 Å². The Labute approximate surface area is 160 Å². The van der Waals surface area contributed by atoms with Crippen molar-refractivity contribution in [3.63, 3.8) is 0 Å². The smallest absolute Gasteiger partial charge is 0.306 e. The van der Waals surface area contributed by atoms with E-state index in [4.69, 9.17) is 0 Å². The van der Waals surface area contributed by atoms with Gasteiger partial charge in [-0.25, -0.2) is 9.48 Å². The minimum absolute atomic E-state index is 0.118. The number of nitrogens with zero attached hydrogens (tertiary/aromatic N) is 6. The van der Waals surface area contributed by atoms with Crippen LogP contribution in [0.5, 0.6) is 0 Å². The summed E-state index contributed by atoms with van der Waals surface area (Å²) in [6, 6.07) is 15.8. The fraction of sp³-hybridized carbons (Fsp3) is 0.263. The van der Waals surface area contributed by atoms with E-state index >= 15 is 0 Å². The third-order valence-electron chi connectivity index (χ3n) is 4.34. The minimum atomic E-state index is -0.118. The molecule has 0 spiro atoms. The fourth-order valence-corrected chi connectivity index (χ4v) is 3.93. The zero-order valence-electron chi connectivity index (χ0n) is 15.0. The van der Waals surface area contributed by atoms with E-state index in [9.17, 15) is 4.79 Å². The van der Waals surface area contributed by atoms with Crippen LogP contribution < -0.4 is 5.69 Å². The number of aryl methyl sites for hydroxylation is 1. The standard InChI is InChI=1S/C19H20N6OS/c1-2-23-17(14-15-8-4-3-5-9-15)20-21-18(23)27-13-12-25-19(26)24-11-7-6-10-16(24)22-25/h3-11H,2,12-14H2,1H3. The Morgan fingerprint density at radius 1 is 1.04 bits per heavy atom. The van der Waals surface area contributed by atoms with Crippen LogP contribution >= 0.6 is 11.8 Å². The normalized spacial score (nSPS) is 11.3. The summed E-state index contributed by atoms with van der Waals surface area (Å²) in [7, 11) is 0. The largest absolute Gasteiger partial charge is 0.350 e. The Balaban J connectivity index is 1.45. The van der Waals surface area contributed by atoms with Crippen LogP contribution in [0.2, 0.25) is 0 Å². The highest BCUT2D eigenvalue weighted by Crippen LogP contribution is 2.19. The Morgan fingerprint density at radius 3 is 2.63 bits per heavy atom. The van der Waals surface area contributed by atoms with Crippen LogP contribution in [0.1, 0.15) is 18.3 Å². The molecule has 27 heavy (non-hydrogen) atoms. The summed E-state index contributed by atoms with van der Waals surface area (Å²) in [5, 5.41) is 13.9. The van der Waals surface area contributed by atoms with E-state index < -0.39 is 0 Å². The summed E-state index contributed by atoms with van der Waals surface area (Å²) < 4.78 is 5.18. The van der Waals surface area contributed by atoms with E-state index in [1.54, 1.807) is 22.4 Å². The number of benzene rings is 1. The van der Waals surface area contributed by atoms with Gasteiger partial charge < -0.3 is 4.57 Å². The number of hydrogen-bond acceptors (Lipinski definition) is 5. The van der Waals surface area contributed by atoms with Gasteiger partial charge in [0.1, 0.15) is 5.82 Å². The molecule has 1 aromatic carbocycles. The number of pyridine rings is 1. The highest BCUT2D eigenvalue weighted by Gasteiger charge is 2.12. The van der Waals surface area contributed by atoms with Crippen LogP contribution in [0, 0.1) is 0 Å². The number of fused-ring (bicyclic) bond motifs is 1. The summed E-state index contributed by atoms with van der Waals surface area (Å²) in [5.74, 6) is 1.66. The monoisotopic (exact) mass is 380 g/mol. The van der Waals surface area contributed by atoms with Crippen molar-refractivity contribution in [2.45, 2.75) is 31.6 Å². The maximum absolute atomic E-state index is 12.3. The lowest BCUT2D eigenvalue weighted by atomic mass is 10.1. The highest BCUT2D eigenvalue weighted by atomic mass is 32.2. The summed E-state index contributed by atoms with van der Waals surface area (Å²) in [5.41, 5.74) is 1.76. The first-order chi connectivity index (χ1) is 13.3. The molecule has 0 saturated heterocycles. The van der Waals surface area contributed by atoms with Gasteiger partial charge in [0.2, 0.25) is 0 Å². The zero-order valence-corrected chi connectivity index (χ0v) is 15.8. The summed E-state index contributed by atoms with van der Waals surface area (Å²) in [4.78, 5) is 12.3. The lowest BCUT2D eigenvalue weighted by molar-refractivity contribution is 0.632. The molecule has 0 fully saturated rings. The number of rotatable bonds is 7. The Kier molecular flexibility index (Phi) is 5.06. The molecular weight excluding hydrogens is 360 g/mol. The van der Waals surface area contributed by atoms with Crippen molar-refractivity contribution in [2.75, 3.05) is 5.75 Å². The van der Waals surface area contributed by atoms with Gasteiger partial charge in [-0.15, -0.1) is 15.3 Å². The van der Waals surface area contributed by atoms with E-state index in [0.717, 1.165) is 23.9 Å². The maximum atomic E-state index is 12.3. The molecular formula is C19H20N6OS. The van der Waals surface area contributed by atoms with Gasteiger partial charge in [-0.2, -0.15) is 0 Å². The van der Waals surface area contributed by atoms with E-state index in [-0.39, 0.29) is 5.69 Å². The SMILES string of the molecule is CCn1c(Cc2ccccc2)nnc1SCCn1nc2ccccn2c1=O. The van der Waals surface area contributed by atoms with Crippen LogP contribution in [0.3, 0.4) is 0 Å². The first kappa shape index (κ1) is 17.5. The van der Waals surface area contributed by atoms with Gasteiger partial charge in [-0.1, -0.05) is 48.2 Å². The average molecular weight is 380 g/mol. The van der Waals surface area contributed by atoms with Crippen molar-refractivity contribution >= 4 is 17.4 Å². The predicted octanol–water partition coefficient (Wildman–Crippen LogP) is 2.49. The lowest BCUT2D eigenvalue weighted by Gasteiger charge is -2.07. The topological polar surface area (TPSA) is 70.0 Å². The van der Waals surface area contributed by atoms with Gasteiger partial charge in [0.15, 0.2) is 10.8 Å². The molecule has 8 heteroatoms. The lowest BCUT2D eigenvalue weighted by Crippen LogP contribution is -2.22. The molecule has 0 aliphatic rings. The molecule has 0 aliphatic carbocycles. The fourth-order valence-electron chi connectivity index (χ4n) is 2.99. The van der Waals surface area contributed by atoms with E-state index in [2.05, 4.69) is 38.9 Å². The highest BCUT2D eigenvalue weighted by molar-refractivity contribution is 7.99. The van der Waals surface area contributed by atoms with Gasteiger partial charge in [0.25, 0.3) is 0 Å². The molecule has 0 saturated carbocycles. The first-order valence-corrected chi connectivity index (χ1v) is 9.88. The molecule has 0 N–H and O–H groups in total. The predicted molar refractivity (Wildman–Crippen MR) is 105 cm³/mol. The minimum Gasteiger partial charge on any atom is -0.306 e. The number of hydrogen-bond donors (Lipinski definition) is 0. The van der Waals surface area contributed by atoms with Crippen LogP contribution in [0.4, 0.5) is 0 Å². The van der Waals surface area contributed by atoms with E-state index in [0.29, 0.717) is 17.9 Å². The van der Waals surface area contributed by atoms with Gasteiger partial charge >= 0.3 is 5.69 Å². The average Bonchev–Trinajstić information content (AvgIpc) is 3.23. The van der Waals surface area contributed by atoms with Crippen molar-refractivity contribution in [1.82, 2.24) is 28.9 Å². The Hall–Kier alpha value is -2.87. The van der Waals surface area contributed by atoms with Gasteiger partial charge in [-0.05, 0) is 24.6 Å². The van der Waals surface area contributed by atoms with Gasteiger partial charge in [0, 0.05) is 24.9 Å². The number of thioether (sulfide) groups is 1. The molecule has 0 aliphatic heterocycles. The molecule has 4 rings (SSSR count). The van der Waals surface area contributed by atoms with Crippen LogP contribution in [0.25, 0.3) is 5.65 Å². The van der Waals surface area contributed by atoms with Crippen LogP contribution in [-0.2, 0) is 19.5 Å². The summed E-state index contributed by atoms with van der Waals surface area (Å²) >= 11 is 1.60. The van der Waals surface area contributed by atoms with Crippen LogP contribution in [0.15, 0.2) is 64.7 Å². The van der Waals surface area contributed by atoms with Crippen molar-refractivity contribution in [1.29, 1.82) is 0 Å². The van der Waals surface area contributed by atoms with Crippen molar-refractivity contribution in [2.24, 2.45) is 0 Å². The van der Waals surface area contributed by atoms with Crippen molar-refractivity contribution in [3.8, 4) is 0 Å². The van der Waals surface area contributed by atoms with E-state index in [1.807, 2.05) is 36.4 Å². The summed E-state index contributed by atoms with van der Waals surface area (Å²) in [6.45, 7) is 3.43. The molecule has 4 aromatic rings. The molecule has 0 amide bonds. The Morgan fingerprint density at radius 2 is 1.85 bits per heavy atom. The molecule has 0 unspecified atom stereocenters. The molecule has 3 aromatic heterocycles. The second-order valence-electron chi connectivity index (χ2n) is 6.09. The molecule has 138 valence electrons. The van der Waals surface area contributed by atoms with Crippen molar-refractivity contribution < 1.29 is 0 Å². The second-order valence-corrected chi connectivity index (χ2v) is 7.15. The molecule has 0 atom stereocenters. The van der Waals surface area contributed by atoms with Crippen molar-refractivity contribution in [3.05, 3.63) is 76.6 Å². The molecule has 0 bridgehead atoms. The zero-order chi connectivity index (χ0) is 18.6. The molecule has 0 radical (unpaired) electrons. The first-order valence-electron chi connectivity index (χ1n) is 8.89. The summed E-state index contributed by atoms with van der Waals surface area (Å²) in [6.07, 6.45) is 2.49. The number of aromatic nitrogens is 6. The second kappa shape index (κ2) is 7.79.